The molecule has 55 valence electrons. The van der Waals surface area contributed by atoms with Gasteiger partial charge in [-0.05, 0) is 13.3 Å². The fourth-order valence-corrected chi connectivity index (χ4v) is 1.40. The van der Waals surface area contributed by atoms with Crippen LogP contribution in [0.15, 0.2) is 0 Å². The van der Waals surface area contributed by atoms with Gasteiger partial charge in [0, 0.05) is 0 Å². The zero-order valence-electron chi connectivity index (χ0n) is 5.76. The van der Waals surface area contributed by atoms with Crippen molar-refractivity contribution >= 4 is 9.84 Å². The van der Waals surface area contributed by atoms with E-state index >= 15 is 0 Å². The molecule has 0 fully saturated rings. The second kappa shape index (κ2) is 3.88. The van der Waals surface area contributed by atoms with Gasteiger partial charge in [-0.25, -0.2) is 8.42 Å². The molecular weight excluding hydrogens is 136 g/mol. The number of hydrogen-bond acceptors (Lipinski definition) is 2. The molecule has 3 heteroatoms. The zero-order valence-corrected chi connectivity index (χ0v) is 6.58. The van der Waals surface area contributed by atoms with E-state index in [0.29, 0.717) is 5.75 Å². The van der Waals surface area contributed by atoms with Crippen molar-refractivity contribution in [2.75, 3.05) is 11.5 Å². The Labute approximate surface area is 57.2 Å². The van der Waals surface area contributed by atoms with Crippen molar-refractivity contribution in [2.24, 2.45) is 0 Å². The molecular formula is C6H13O2S. The van der Waals surface area contributed by atoms with Gasteiger partial charge in [0.2, 0.25) is 0 Å². The van der Waals surface area contributed by atoms with E-state index in [2.05, 4.69) is 6.92 Å². The van der Waals surface area contributed by atoms with Crippen molar-refractivity contribution in [3.63, 3.8) is 0 Å². The smallest absolute Gasteiger partial charge is 0.150 e. The highest BCUT2D eigenvalue weighted by Crippen LogP contribution is 1.95. The van der Waals surface area contributed by atoms with Crippen molar-refractivity contribution in [1.82, 2.24) is 0 Å². The quantitative estimate of drug-likeness (QED) is 0.598. The Hall–Kier alpha value is -0.0500. The number of rotatable bonds is 4. The third-order valence-corrected chi connectivity index (χ3v) is 2.65. The Morgan fingerprint density at radius 3 is 2.33 bits per heavy atom. The van der Waals surface area contributed by atoms with Crippen LogP contribution >= 0.6 is 0 Å². The molecule has 0 N–H and O–H groups in total. The molecule has 0 spiro atoms. The second-order valence-corrected chi connectivity index (χ2v) is 4.31. The Balaban J connectivity index is 3.61. The van der Waals surface area contributed by atoms with E-state index in [1.165, 1.54) is 0 Å². The fraction of sp³-hybridized carbons (Fsp3) is 0.833. The number of sulfone groups is 1. The minimum absolute atomic E-state index is 0.0347. The van der Waals surface area contributed by atoms with Crippen LogP contribution < -0.4 is 0 Å². The van der Waals surface area contributed by atoms with Crippen molar-refractivity contribution in [3.05, 3.63) is 6.92 Å². The summed E-state index contributed by atoms with van der Waals surface area (Å²) < 4.78 is 21.4. The van der Waals surface area contributed by atoms with E-state index in [-0.39, 0.29) is 5.75 Å². The molecule has 0 aromatic rings. The predicted molar refractivity (Wildman–Crippen MR) is 38.9 cm³/mol. The average Bonchev–Trinajstić information content (AvgIpc) is 1.84. The van der Waals surface area contributed by atoms with Gasteiger partial charge in [0.05, 0.1) is 11.5 Å². The van der Waals surface area contributed by atoms with Crippen molar-refractivity contribution < 1.29 is 8.42 Å². The van der Waals surface area contributed by atoms with Gasteiger partial charge in [-0.2, -0.15) is 0 Å². The van der Waals surface area contributed by atoms with Crippen LogP contribution in [-0.4, -0.2) is 19.9 Å². The number of hydrogen-bond donors (Lipinski definition) is 0. The van der Waals surface area contributed by atoms with Crippen LogP contribution in [0, 0.1) is 6.92 Å². The molecule has 0 aliphatic carbocycles. The standard InChI is InChI=1S/C6H13O2S/c1-3-5-6-9(7,8)4-2/h2-6H2,1H3. The summed E-state index contributed by atoms with van der Waals surface area (Å²) in [6.07, 6.45) is 1.69. The van der Waals surface area contributed by atoms with E-state index in [9.17, 15) is 8.42 Å². The van der Waals surface area contributed by atoms with E-state index in [0.717, 1.165) is 12.8 Å². The lowest BCUT2D eigenvalue weighted by Crippen LogP contribution is -2.07. The summed E-state index contributed by atoms with van der Waals surface area (Å²) in [6.45, 7) is 5.29. The van der Waals surface area contributed by atoms with Crippen LogP contribution in [0.4, 0.5) is 0 Å². The van der Waals surface area contributed by atoms with Gasteiger partial charge < -0.3 is 0 Å². The molecule has 0 aromatic carbocycles. The highest BCUT2D eigenvalue weighted by molar-refractivity contribution is 7.91. The summed E-state index contributed by atoms with van der Waals surface area (Å²) >= 11 is 0. The maximum Gasteiger partial charge on any atom is 0.150 e. The average molecular weight is 149 g/mol. The Bertz CT molecular complexity index is 146. The van der Waals surface area contributed by atoms with E-state index in [4.69, 9.17) is 0 Å². The third-order valence-electron chi connectivity index (χ3n) is 1.12. The van der Waals surface area contributed by atoms with Gasteiger partial charge in [-0.15, -0.1) is 0 Å². The summed E-state index contributed by atoms with van der Waals surface area (Å²) in [6, 6.07) is 0. The number of unbranched alkanes of at least 4 members (excludes halogenated alkanes) is 1. The van der Waals surface area contributed by atoms with Crippen molar-refractivity contribution in [1.29, 1.82) is 0 Å². The molecule has 0 heterocycles. The highest BCUT2D eigenvalue weighted by Gasteiger charge is 2.04. The SMILES string of the molecule is [CH2]CS(=O)(=O)CCCC. The van der Waals surface area contributed by atoms with E-state index in [1.807, 2.05) is 6.92 Å². The first kappa shape index (κ1) is 8.95. The normalized spacial score (nSPS) is 11.8. The molecule has 0 aliphatic heterocycles. The van der Waals surface area contributed by atoms with Crippen LogP contribution in [0.25, 0.3) is 0 Å². The zero-order chi connectivity index (χ0) is 7.33. The maximum atomic E-state index is 10.7. The summed E-state index contributed by atoms with van der Waals surface area (Å²) in [7, 11) is -2.79. The molecule has 0 amide bonds. The summed E-state index contributed by atoms with van der Waals surface area (Å²) in [4.78, 5) is 0. The molecule has 2 nitrogen and oxygen atoms in total. The minimum atomic E-state index is -2.79. The summed E-state index contributed by atoms with van der Waals surface area (Å²) in [5.74, 6) is 0.333. The van der Waals surface area contributed by atoms with Crippen molar-refractivity contribution in [2.45, 2.75) is 19.8 Å². The predicted octanol–water partition coefficient (Wildman–Crippen LogP) is 1.04. The maximum absolute atomic E-state index is 10.7. The minimum Gasteiger partial charge on any atom is -0.229 e. The molecule has 1 radical (unpaired) electrons. The molecule has 0 unspecified atom stereocenters. The molecule has 9 heavy (non-hydrogen) atoms. The first-order valence-corrected chi connectivity index (χ1v) is 4.94. The van der Waals surface area contributed by atoms with Crippen LogP contribution in [0.2, 0.25) is 0 Å². The summed E-state index contributed by atoms with van der Waals surface area (Å²) in [5, 5.41) is 0. The molecule has 0 bridgehead atoms. The van der Waals surface area contributed by atoms with Gasteiger partial charge in [-0.3, -0.25) is 0 Å². The Morgan fingerprint density at radius 2 is 2.00 bits per heavy atom. The first-order chi connectivity index (χ1) is 4.12. The lowest BCUT2D eigenvalue weighted by atomic mass is 10.4. The van der Waals surface area contributed by atoms with E-state index in [1.54, 1.807) is 0 Å². The largest absolute Gasteiger partial charge is 0.229 e. The lowest BCUT2D eigenvalue weighted by Gasteiger charge is -1.96. The molecule has 0 aliphatic rings. The molecule has 0 aromatic heterocycles. The van der Waals surface area contributed by atoms with Gasteiger partial charge in [-0.1, -0.05) is 13.3 Å². The topological polar surface area (TPSA) is 34.1 Å². The third kappa shape index (κ3) is 4.45. The molecule has 0 saturated heterocycles. The highest BCUT2D eigenvalue weighted by atomic mass is 32.2. The monoisotopic (exact) mass is 149 g/mol. The van der Waals surface area contributed by atoms with Gasteiger partial charge in [0.15, 0.2) is 0 Å². The van der Waals surface area contributed by atoms with Gasteiger partial charge in [0.1, 0.15) is 9.84 Å². The first-order valence-electron chi connectivity index (χ1n) is 3.12. The van der Waals surface area contributed by atoms with Crippen LogP contribution in [0.5, 0.6) is 0 Å². The van der Waals surface area contributed by atoms with E-state index < -0.39 is 9.84 Å². The van der Waals surface area contributed by atoms with Crippen molar-refractivity contribution in [3.8, 4) is 0 Å². The van der Waals surface area contributed by atoms with Crippen LogP contribution in [0.1, 0.15) is 19.8 Å². The molecule has 0 atom stereocenters. The van der Waals surface area contributed by atoms with Crippen LogP contribution in [0.3, 0.4) is 0 Å². The second-order valence-electron chi connectivity index (χ2n) is 2.01. The molecule has 0 rings (SSSR count). The summed E-state index contributed by atoms with van der Waals surface area (Å²) in [5.41, 5.74) is 0. The Kier molecular flexibility index (Phi) is 3.86. The van der Waals surface area contributed by atoms with Gasteiger partial charge >= 0.3 is 0 Å². The van der Waals surface area contributed by atoms with Gasteiger partial charge in [0.25, 0.3) is 0 Å². The lowest BCUT2D eigenvalue weighted by molar-refractivity contribution is 0.595. The van der Waals surface area contributed by atoms with Crippen LogP contribution in [-0.2, 0) is 9.84 Å². The Morgan fingerprint density at radius 1 is 1.44 bits per heavy atom. The fourth-order valence-electron chi connectivity index (χ4n) is 0.466. The molecule has 0 saturated carbocycles.